The molecule has 1 aromatic heterocycles. The summed E-state index contributed by atoms with van der Waals surface area (Å²) in [7, 11) is 0. The minimum Gasteiger partial charge on any atom is -0.356 e. The molecule has 19 heavy (non-hydrogen) atoms. The van der Waals surface area contributed by atoms with E-state index in [0.29, 0.717) is 0 Å². The number of piperidine rings is 2. The fraction of sp³-hybridized carbons (Fsp3) is 0.714. The van der Waals surface area contributed by atoms with E-state index in [1.165, 1.54) is 38.5 Å². The summed E-state index contributed by atoms with van der Waals surface area (Å²) in [6, 6.07) is 1.99. The van der Waals surface area contributed by atoms with E-state index in [9.17, 15) is 4.79 Å². The SMILES string of the molecule is O=c1nc(N2CCCCC2)ccn1N1CCCCC1. The van der Waals surface area contributed by atoms with Crippen LogP contribution in [0.5, 0.6) is 0 Å². The third kappa shape index (κ3) is 2.74. The van der Waals surface area contributed by atoms with E-state index in [0.717, 1.165) is 32.0 Å². The zero-order chi connectivity index (χ0) is 13.1. The van der Waals surface area contributed by atoms with Crippen molar-refractivity contribution in [2.45, 2.75) is 38.5 Å². The Balaban J connectivity index is 1.78. The molecule has 3 rings (SSSR count). The van der Waals surface area contributed by atoms with Crippen molar-refractivity contribution in [1.29, 1.82) is 0 Å². The van der Waals surface area contributed by atoms with Crippen LogP contribution in [0.25, 0.3) is 0 Å². The smallest absolute Gasteiger partial charge is 0.356 e. The predicted molar refractivity (Wildman–Crippen MR) is 76.4 cm³/mol. The van der Waals surface area contributed by atoms with Crippen molar-refractivity contribution in [1.82, 2.24) is 9.66 Å². The summed E-state index contributed by atoms with van der Waals surface area (Å²) in [6.45, 7) is 3.98. The molecule has 2 aliphatic heterocycles. The Hall–Kier alpha value is -1.52. The fourth-order valence-electron chi connectivity index (χ4n) is 2.99. The van der Waals surface area contributed by atoms with Crippen molar-refractivity contribution >= 4 is 5.82 Å². The molecule has 0 unspecified atom stereocenters. The molecule has 0 radical (unpaired) electrons. The first-order chi connectivity index (χ1) is 9.34. The van der Waals surface area contributed by atoms with E-state index in [-0.39, 0.29) is 5.69 Å². The Morgan fingerprint density at radius 2 is 1.53 bits per heavy atom. The maximum Gasteiger partial charge on any atom is 0.368 e. The standard InChI is InChI=1S/C14H22N4O/c19-14-15-13(16-8-3-1-4-9-16)7-12-18(14)17-10-5-2-6-11-17/h7,12H,1-6,8-11H2. The maximum absolute atomic E-state index is 12.2. The summed E-state index contributed by atoms with van der Waals surface area (Å²) in [6.07, 6.45) is 9.20. The lowest BCUT2D eigenvalue weighted by Crippen LogP contribution is -2.46. The summed E-state index contributed by atoms with van der Waals surface area (Å²) in [4.78, 5) is 18.7. The Morgan fingerprint density at radius 1 is 0.895 bits per heavy atom. The van der Waals surface area contributed by atoms with Crippen LogP contribution in [0.3, 0.4) is 0 Å². The third-order valence-corrected chi connectivity index (χ3v) is 4.09. The lowest BCUT2D eigenvalue weighted by atomic mass is 10.1. The molecule has 2 aliphatic rings. The molecule has 0 bridgehead atoms. The van der Waals surface area contributed by atoms with Crippen molar-refractivity contribution in [2.75, 3.05) is 36.1 Å². The minimum absolute atomic E-state index is 0.134. The van der Waals surface area contributed by atoms with Crippen LogP contribution in [0.1, 0.15) is 38.5 Å². The van der Waals surface area contributed by atoms with E-state index in [1.54, 1.807) is 4.68 Å². The van der Waals surface area contributed by atoms with Gasteiger partial charge >= 0.3 is 5.69 Å². The first-order valence-electron chi connectivity index (χ1n) is 7.44. The Kier molecular flexibility index (Phi) is 3.71. The van der Waals surface area contributed by atoms with Gasteiger partial charge in [0.25, 0.3) is 0 Å². The van der Waals surface area contributed by atoms with Gasteiger partial charge in [-0.25, -0.2) is 9.47 Å². The number of nitrogens with zero attached hydrogens (tertiary/aromatic N) is 4. The van der Waals surface area contributed by atoms with Gasteiger partial charge in [0.1, 0.15) is 5.82 Å². The van der Waals surface area contributed by atoms with Gasteiger partial charge in [-0.1, -0.05) is 0 Å². The van der Waals surface area contributed by atoms with Crippen molar-refractivity contribution in [3.63, 3.8) is 0 Å². The highest BCUT2D eigenvalue weighted by atomic mass is 16.2. The van der Waals surface area contributed by atoms with Gasteiger partial charge in [-0.3, -0.25) is 0 Å². The van der Waals surface area contributed by atoms with Gasteiger partial charge < -0.3 is 9.91 Å². The zero-order valence-corrected chi connectivity index (χ0v) is 11.4. The molecular formula is C14H22N4O. The number of hydrogen-bond donors (Lipinski definition) is 0. The largest absolute Gasteiger partial charge is 0.368 e. The van der Waals surface area contributed by atoms with Crippen LogP contribution in [0.4, 0.5) is 5.82 Å². The Bertz CT molecular complexity index is 473. The molecule has 0 saturated carbocycles. The van der Waals surface area contributed by atoms with E-state index in [2.05, 4.69) is 14.9 Å². The van der Waals surface area contributed by atoms with Crippen molar-refractivity contribution in [3.05, 3.63) is 22.7 Å². The molecule has 0 amide bonds. The normalized spacial score (nSPS) is 20.6. The van der Waals surface area contributed by atoms with Gasteiger partial charge in [0.2, 0.25) is 0 Å². The van der Waals surface area contributed by atoms with Crippen LogP contribution in [-0.4, -0.2) is 35.8 Å². The van der Waals surface area contributed by atoms with E-state index in [4.69, 9.17) is 0 Å². The lowest BCUT2D eigenvalue weighted by Gasteiger charge is -2.31. The predicted octanol–water partition coefficient (Wildman–Crippen LogP) is 1.36. The number of hydrogen-bond acceptors (Lipinski definition) is 4. The molecule has 0 atom stereocenters. The van der Waals surface area contributed by atoms with Crippen LogP contribution in [0.15, 0.2) is 17.1 Å². The molecule has 5 nitrogen and oxygen atoms in total. The maximum atomic E-state index is 12.2. The van der Waals surface area contributed by atoms with Gasteiger partial charge in [-0.05, 0) is 44.6 Å². The van der Waals surface area contributed by atoms with Crippen molar-refractivity contribution < 1.29 is 0 Å². The summed E-state index contributed by atoms with van der Waals surface area (Å²) in [5, 5.41) is 2.11. The summed E-state index contributed by atoms with van der Waals surface area (Å²) in [5.74, 6) is 0.845. The summed E-state index contributed by atoms with van der Waals surface area (Å²) >= 11 is 0. The van der Waals surface area contributed by atoms with E-state index >= 15 is 0 Å². The third-order valence-electron chi connectivity index (χ3n) is 4.09. The van der Waals surface area contributed by atoms with Crippen LogP contribution in [0.2, 0.25) is 0 Å². The van der Waals surface area contributed by atoms with Crippen LogP contribution < -0.4 is 15.6 Å². The average molecular weight is 262 g/mol. The summed E-state index contributed by atoms with van der Waals surface area (Å²) in [5.41, 5.74) is -0.134. The molecule has 3 heterocycles. The first-order valence-corrected chi connectivity index (χ1v) is 7.44. The minimum atomic E-state index is -0.134. The number of anilines is 1. The van der Waals surface area contributed by atoms with Crippen molar-refractivity contribution in [2.24, 2.45) is 0 Å². The highest BCUT2D eigenvalue weighted by molar-refractivity contribution is 5.37. The molecule has 0 aliphatic carbocycles. The van der Waals surface area contributed by atoms with Gasteiger partial charge in [0.15, 0.2) is 0 Å². The fourth-order valence-corrected chi connectivity index (χ4v) is 2.99. The van der Waals surface area contributed by atoms with Gasteiger partial charge in [0, 0.05) is 32.4 Å². The second-order valence-corrected chi connectivity index (χ2v) is 5.47. The lowest BCUT2D eigenvalue weighted by molar-refractivity contribution is 0.463. The van der Waals surface area contributed by atoms with Crippen LogP contribution in [-0.2, 0) is 0 Å². The van der Waals surface area contributed by atoms with Gasteiger partial charge in [-0.15, -0.1) is 0 Å². The topological polar surface area (TPSA) is 41.4 Å². The number of rotatable bonds is 2. The second-order valence-electron chi connectivity index (χ2n) is 5.47. The molecule has 104 valence electrons. The molecule has 2 saturated heterocycles. The number of aromatic nitrogens is 2. The first kappa shape index (κ1) is 12.5. The highest BCUT2D eigenvalue weighted by Gasteiger charge is 2.16. The molecule has 0 N–H and O–H groups in total. The second kappa shape index (κ2) is 5.63. The Morgan fingerprint density at radius 3 is 2.16 bits per heavy atom. The van der Waals surface area contributed by atoms with E-state index < -0.39 is 0 Å². The van der Waals surface area contributed by atoms with Crippen LogP contribution in [0, 0.1) is 0 Å². The molecule has 0 aromatic carbocycles. The highest BCUT2D eigenvalue weighted by Crippen LogP contribution is 2.16. The molecule has 2 fully saturated rings. The van der Waals surface area contributed by atoms with E-state index in [1.807, 2.05) is 12.3 Å². The zero-order valence-electron chi connectivity index (χ0n) is 11.4. The van der Waals surface area contributed by atoms with Crippen molar-refractivity contribution in [3.8, 4) is 0 Å². The van der Waals surface area contributed by atoms with Crippen LogP contribution >= 0.6 is 0 Å². The summed E-state index contributed by atoms with van der Waals surface area (Å²) < 4.78 is 1.69. The molecular weight excluding hydrogens is 240 g/mol. The average Bonchev–Trinajstić information content (AvgIpc) is 2.49. The quantitative estimate of drug-likeness (QED) is 0.807. The molecule has 1 aromatic rings. The van der Waals surface area contributed by atoms with Gasteiger partial charge in [-0.2, -0.15) is 4.98 Å². The monoisotopic (exact) mass is 262 g/mol. The Labute approximate surface area is 113 Å². The van der Waals surface area contributed by atoms with Gasteiger partial charge in [0.05, 0.1) is 0 Å². The molecule has 0 spiro atoms. The molecule has 5 heteroatoms.